The lowest BCUT2D eigenvalue weighted by atomic mass is 10.1. The second-order valence-corrected chi connectivity index (χ2v) is 6.48. The molecule has 2 aromatic carbocycles. The summed E-state index contributed by atoms with van der Waals surface area (Å²) in [5.74, 6) is 0.471. The summed E-state index contributed by atoms with van der Waals surface area (Å²) in [6, 6.07) is 9.75. The van der Waals surface area contributed by atoms with Gasteiger partial charge in [0.2, 0.25) is 5.75 Å². The number of nitrogens with zero attached hydrogens (tertiary/aromatic N) is 1. The van der Waals surface area contributed by atoms with Crippen LogP contribution in [0.15, 0.2) is 41.3 Å². The normalized spacial score (nSPS) is 15.4. The number of rotatable bonds is 5. The number of imide groups is 1. The van der Waals surface area contributed by atoms with Crippen molar-refractivity contribution in [1.29, 1.82) is 0 Å². The van der Waals surface area contributed by atoms with E-state index in [4.69, 9.17) is 14.2 Å². The van der Waals surface area contributed by atoms with E-state index >= 15 is 0 Å². The Balaban J connectivity index is 1.94. The molecular formula is C19H17NO6S. The molecule has 0 bridgehead atoms. The Morgan fingerprint density at radius 2 is 1.56 bits per heavy atom. The second-order valence-electron chi connectivity index (χ2n) is 5.49. The van der Waals surface area contributed by atoms with Crippen LogP contribution >= 0.6 is 11.8 Å². The number of hydrogen-bond acceptors (Lipinski definition) is 7. The van der Waals surface area contributed by atoms with E-state index in [0.29, 0.717) is 17.0 Å². The third-order valence-electron chi connectivity index (χ3n) is 3.92. The lowest BCUT2D eigenvalue weighted by Crippen LogP contribution is -2.27. The minimum Gasteiger partial charge on any atom is -0.502 e. The van der Waals surface area contributed by atoms with E-state index in [0.717, 1.165) is 16.7 Å². The molecular weight excluding hydrogens is 370 g/mol. The van der Waals surface area contributed by atoms with Crippen molar-refractivity contribution in [2.75, 3.05) is 26.2 Å². The first-order valence-corrected chi connectivity index (χ1v) is 8.67. The van der Waals surface area contributed by atoms with Gasteiger partial charge >= 0.3 is 0 Å². The molecule has 1 aliphatic heterocycles. The van der Waals surface area contributed by atoms with Crippen LogP contribution in [0.3, 0.4) is 0 Å². The SMILES string of the molecule is COc1ccc(N2C(=O)S/C(=C\c3cc(OC)c(O)c(OC)c3)C2=O)cc1. The topological polar surface area (TPSA) is 85.3 Å². The molecule has 140 valence electrons. The van der Waals surface area contributed by atoms with Crippen LogP contribution in [-0.2, 0) is 4.79 Å². The molecule has 0 atom stereocenters. The van der Waals surface area contributed by atoms with Crippen LogP contribution in [0.2, 0.25) is 0 Å². The maximum absolute atomic E-state index is 12.7. The minimum absolute atomic E-state index is 0.136. The number of carbonyl (C=O) groups is 2. The first-order chi connectivity index (χ1) is 13.0. The Morgan fingerprint density at radius 1 is 0.963 bits per heavy atom. The molecule has 0 unspecified atom stereocenters. The molecule has 1 saturated heterocycles. The maximum Gasteiger partial charge on any atom is 0.298 e. The van der Waals surface area contributed by atoms with E-state index in [2.05, 4.69) is 0 Å². The van der Waals surface area contributed by atoms with Crippen LogP contribution in [0.4, 0.5) is 10.5 Å². The molecule has 1 fully saturated rings. The number of aromatic hydroxyl groups is 1. The van der Waals surface area contributed by atoms with Crippen LogP contribution in [0.25, 0.3) is 6.08 Å². The van der Waals surface area contributed by atoms with E-state index in [1.165, 1.54) is 21.3 Å². The molecule has 0 saturated carbocycles. The Morgan fingerprint density at radius 3 is 2.07 bits per heavy atom. The quantitative estimate of drug-likeness (QED) is 0.784. The molecule has 2 aromatic rings. The Kier molecular flexibility index (Phi) is 5.27. The van der Waals surface area contributed by atoms with Gasteiger partial charge in [-0.1, -0.05) is 0 Å². The van der Waals surface area contributed by atoms with Crippen molar-refractivity contribution >= 4 is 34.7 Å². The van der Waals surface area contributed by atoms with Gasteiger partial charge in [0.05, 0.1) is 31.9 Å². The highest BCUT2D eigenvalue weighted by Crippen LogP contribution is 2.40. The maximum atomic E-state index is 12.7. The van der Waals surface area contributed by atoms with Gasteiger partial charge < -0.3 is 19.3 Å². The predicted octanol–water partition coefficient (Wildman–Crippen LogP) is 3.66. The van der Waals surface area contributed by atoms with Gasteiger partial charge in [0.1, 0.15) is 5.75 Å². The molecule has 1 heterocycles. The number of amides is 2. The fourth-order valence-electron chi connectivity index (χ4n) is 2.57. The Labute approximate surface area is 160 Å². The van der Waals surface area contributed by atoms with Gasteiger partial charge in [0, 0.05) is 0 Å². The van der Waals surface area contributed by atoms with Crippen molar-refractivity contribution in [1.82, 2.24) is 0 Å². The summed E-state index contributed by atoms with van der Waals surface area (Å²) < 4.78 is 15.3. The van der Waals surface area contributed by atoms with E-state index in [-0.39, 0.29) is 22.2 Å². The monoisotopic (exact) mass is 387 g/mol. The van der Waals surface area contributed by atoms with Gasteiger partial charge in [0.15, 0.2) is 11.5 Å². The zero-order valence-corrected chi connectivity index (χ0v) is 15.7. The van der Waals surface area contributed by atoms with Gasteiger partial charge in [-0.25, -0.2) is 4.90 Å². The largest absolute Gasteiger partial charge is 0.502 e. The van der Waals surface area contributed by atoms with Crippen molar-refractivity contribution in [3.8, 4) is 23.0 Å². The summed E-state index contributed by atoms with van der Waals surface area (Å²) in [6.45, 7) is 0. The molecule has 0 aromatic heterocycles. The molecule has 0 aliphatic carbocycles. The highest BCUT2D eigenvalue weighted by molar-refractivity contribution is 8.19. The van der Waals surface area contributed by atoms with E-state index in [1.54, 1.807) is 42.5 Å². The number of anilines is 1. The van der Waals surface area contributed by atoms with Crippen LogP contribution in [0, 0.1) is 0 Å². The number of thioether (sulfide) groups is 1. The summed E-state index contributed by atoms with van der Waals surface area (Å²) in [7, 11) is 4.36. The fourth-order valence-corrected chi connectivity index (χ4v) is 3.41. The number of phenolic OH excluding ortho intramolecular Hbond substituents is 1. The van der Waals surface area contributed by atoms with E-state index in [9.17, 15) is 14.7 Å². The molecule has 3 rings (SSSR count). The Bertz CT molecular complexity index is 897. The zero-order valence-electron chi connectivity index (χ0n) is 14.9. The number of hydrogen-bond donors (Lipinski definition) is 1. The van der Waals surface area contributed by atoms with E-state index in [1.807, 2.05) is 0 Å². The average Bonchev–Trinajstić information content (AvgIpc) is 2.96. The first-order valence-electron chi connectivity index (χ1n) is 7.85. The lowest BCUT2D eigenvalue weighted by molar-refractivity contribution is -0.113. The van der Waals surface area contributed by atoms with Crippen molar-refractivity contribution in [2.45, 2.75) is 0 Å². The summed E-state index contributed by atoms with van der Waals surface area (Å²) >= 11 is 0.836. The van der Waals surface area contributed by atoms with Gasteiger partial charge in [0.25, 0.3) is 11.1 Å². The molecule has 27 heavy (non-hydrogen) atoms. The number of methoxy groups -OCH3 is 3. The fraction of sp³-hybridized carbons (Fsp3) is 0.158. The molecule has 0 spiro atoms. The molecule has 8 heteroatoms. The number of ether oxygens (including phenoxy) is 3. The summed E-state index contributed by atoms with van der Waals surface area (Å²) in [4.78, 5) is 26.4. The number of benzene rings is 2. The zero-order chi connectivity index (χ0) is 19.6. The lowest BCUT2D eigenvalue weighted by Gasteiger charge is -2.13. The molecule has 1 aliphatic rings. The van der Waals surface area contributed by atoms with Gasteiger partial charge in [-0.05, 0) is 59.8 Å². The highest BCUT2D eigenvalue weighted by Gasteiger charge is 2.36. The van der Waals surface area contributed by atoms with Crippen molar-refractivity contribution in [2.24, 2.45) is 0 Å². The third-order valence-corrected chi connectivity index (χ3v) is 4.79. The molecule has 2 amide bonds. The van der Waals surface area contributed by atoms with Crippen LogP contribution in [-0.4, -0.2) is 37.6 Å². The standard InChI is InChI=1S/C19H17NO6S/c1-24-13-6-4-12(5-7-13)20-18(22)16(27-19(20)23)10-11-8-14(25-2)17(21)15(9-11)26-3/h4-10,21H,1-3H3/b16-10-. The average molecular weight is 387 g/mol. The third kappa shape index (κ3) is 3.56. The Hall–Kier alpha value is -3.13. The van der Waals surface area contributed by atoms with Gasteiger partial charge in [-0.3, -0.25) is 9.59 Å². The first kappa shape index (κ1) is 18.7. The number of phenols is 1. The van der Waals surface area contributed by atoms with Gasteiger partial charge in [-0.2, -0.15) is 0 Å². The molecule has 1 N–H and O–H groups in total. The highest BCUT2D eigenvalue weighted by atomic mass is 32.2. The second kappa shape index (κ2) is 7.63. The van der Waals surface area contributed by atoms with Crippen molar-refractivity contribution in [3.63, 3.8) is 0 Å². The van der Waals surface area contributed by atoms with Crippen molar-refractivity contribution < 1.29 is 28.9 Å². The molecule has 7 nitrogen and oxygen atoms in total. The van der Waals surface area contributed by atoms with Gasteiger partial charge in [-0.15, -0.1) is 0 Å². The minimum atomic E-state index is -0.429. The smallest absolute Gasteiger partial charge is 0.298 e. The molecule has 0 radical (unpaired) electrons. The summed E-state index contributed by atoms with van der Waals surface area (Å²) in [5, 5.41) is 9.59. The summed E-state index contributed by atoms with van der Waals surface area (Å²) in [5.41, 5.74) is 1.02. The van der Waals surface area contributed by atoms with E-state index < -0.39 is 11.1 Å². The number of carbonyl (C=O) groups excluding carboxylic acids is 2. The van der Waals surface area contributed by atoms with Crippen LogP contribution in [0.5, 0.6) is 23.0 Å². The van der Waals surface area contributed by atoms with Crippen LogP contribution < -0.4 is 19.1 Å². The van der Waals surface area contributed by atoms with Crippen LogP contribution in [0.1, 0.15) is 5.56 Å². The predicted molar refractivity (Wildman–Crippen MR) is 103 cm³/mol. The van der Waals surface area contributed by atoms with Crippen molar-refractivity contribution in [3.05, 3.63) is 46.9 Å². The summed E-state index contributed by atoms with van der Waals surface area (Å²) in [6.07, 6.45) is 1.55.